The minimum absolute atomic E-state index is 0.0424. The Hall–Kier alpha value is -2.54. The molecular formula is C19H23ClN2O5. The number of amides is 1. The van der Waals surface area contributed by atoms with E-state index in [2.05, 4.69) is 10.5 Å². The Labute approximate surface area is 163 Å². The number of hydrogen-bond donors (Lipinski definition) is 1. The number of halogens is 1. The molecule has 146 valence electrons. The SMILES string of the molecule is COc1cc(Cl)c(C)cc1NC(=O)[C@@H](C)OC(=O)c1c(C)noc1C(C)C. The zero-order chi connectivity index (χ0) is 20.3. The Kier molecular flexibility index (Phi) is 6.49. The van der Waals surface area contributed by atoms with Gasteiger partial charge >= 0.3 is 5.97 Å². The third-order valence-corrected chi connectivity index (χ3v) is 4.42. The summed E-state index contributed by atoms with van der Waals surface area (Å²) >= 11 is 6.07. The average molecular weight is 395 g/mol. The molecule has 27 heavy (non-hydrogen) atoms. The minimum atomic E-state index is -1.03. The highest BCUT2D eigenvalue weighted by Crippen LogP contribution is 2.31. The second kappa shape index (κ2) is 8.43. The van der Waals surface area contributed by atoms with Crippen LogP contribution in [0.25, 0.3) is 0 Å². The zero-order valence-electron chi connectivity index (χ0n) is 16.2. The van der Waals surface area contributed by atoms with Gasteiger partial charge in [0.2, 0.25) is 0 Å². The van der Waals surface area contributed by atoms with E-state index in [9.17, 15) is 9.59 Å². The Morgan fingerprint density at radius 1 is 1.22 bits per heavy atom. The van der Waals surface area contributed by atoms with Crippen LogP contribution in [0.1, 0.15) is 54.1 Å². The molecule has 1 amide bonds. The van der Waals surface area contributed by atoms with Gasteiger partial charge in [-0.05, 0) is 32.4 Å². The summed E-state index contributed by atoms with van der Waals surface area (Å²) in [6.07, 6.45) is -1.03. The summed E-state index contributed by atoms with van der Waals surface area (Å²) in [6.45, 7) is 8.70. The van der Waals surface area contributed by atoms with Crippen molar-refractivity contribution in [2.24, 2.45) is 0 Å². The van der Waals surface area contributed by atoms with Crippen molar-refractivity contribution >= 4 is 29.2 Å². The second-order valence-corrected chi connectivity index (χ2v) is 6.91. The molecule has 0 aliphatic carbocycles. The highest BCUT2D eigenvalue weighted by molar-refractivity contribution is 6.31. The van der Waals surface area contributed by atoms with Crippen molar-refractivity contribution in [2.75, 3.05) is 12.4 Å². The van der Waals surface area contributed by atoms with E-state index in [0.717, 1.165) is 5.56 Å². The molecule has 0 spiro atoms. The van der Waals surface area contributed by atoms with Gasteiger partial charge in [-0.15, -0.1) is 0 Å². The van der Waals surface area contributed by atoms with Crippen LogP contribution in [-0.2, 0) is 9.53 Å². The number of esters is 1. The number of methoxy groups -OCH3 is 1. The van der Waals surface area contributed by atoms with E-state index in [1.165, 1.54) is 14.0 Å². The van der Waals surface area contributed by atoms with Crippen molar-refractivity contribution in [2.45, 2.75) is 46.6 Å². The van der Waals surface area contributed by atoms with Crippen molar-refractivity contribution in [3.63, 3.8) is 0 Å². The summed E-state index contributed by atoms with van der Waals surface area (Å²) < 4.78 is 15.7. The molecule has 0 radical (unpaired) electrons. The number of aromatic nitrogens is 1. The maximum absolute atomic E-state index is 12.5. The van der Waals surface area contributed by atoms with Crippen LogP contribution < -0.4 is 10.1 Å². The lowest BCUT2D eigenvalue weighted by atomic mass is 10.1. The molecule has 1 atom stereocenters. The van der Waals surface area contributed by atoms with Gasteiger partial charge in [-0.1, -0.05) is 30.6 Å². The standard InChI is InChI=1S/C19H23ClN2O5/c1-9(2)17-16(11(4)22-27-17)19(24)26-12(5)18(23)21-14-7-10(3)13(20)8-15(14)25-6/h7-9,12H,1-6H3,(H,21,23)/t12-/m1/s1. The summed E-state index contributed by atoms with van der Waals surface area (Å²) in [7, 11) is 1.47. The van der Waals surface area contributed by atoms with Crippen LogP contribution in [0.4, 0.5) is 5.69 Å². The van der Waals surface area contributed by atoms with Crippen LogP contribution in [0.3, 0.4) is 0 Å². The van der Waals surface area contributed by atoms with Gasteiger partial charge in [0, 0.05) is 17.0 Å². The Bertz CT molecular complexity index is 860. The summed E-state index contributed by atoms with van der Waals surface area (Å²) in [4.78, 5) is 25.0. The fourth-order valence-electron chi connectivity index (χ4n) is 2.47. The molecule has 1 N–H and O–H groups in total. The van der Waals surface area contributed by atoms with Crippen LogP contribution in [-0.4, -0.2) is 30.2 Å². The van der Waals surface area contributed by atoms with Gasteiger partial charge in [0.1, 0.15) is 11.3 Å². The highest BCUT2D eigenvalue weighted by Gasteiger charge is 2.27. The quantitative estimate of drug-likeness (QED) is 0.736. The van der Waals surface area contributed by atoms with Gasteiger partial charge in [-0.25, -0.2) is 4.79 Å². The number of carbonyl (C=O) groups is 2. The van der Waals surface area contributed by atoms with Crippen LogP contribution in [0.2, 0.25) is 5.02 Å². The van der Waals surface area contributed by atoms with Crippen molar-refractivity contribution in [1.82, 2.24) is 5.16 Å². The third-order valence-electron chi connectivity index (χ3n) is 4.01. The van der Waals surface area contributed by atoms with E-state index in [1.54, 1.807) is 19.1 Å². The molecule has 0 bridgehead atoms. The van der Waals surface area contributed by atoms with Gasteiger partial charge in [-0.2, -0.15) is 0 Å². The molecule has 0 fully saturated rings. The van der Waals surface area contributed by atoms with Crippen molar-refractivity contribution in [3.05, 3.63) is 39.7 Å². The molecule has 0 saturated heterocycles. The predicted molar refractivity (Wildman–Crippen MR) is 102 cm³/mol. The first-order chi connectivity index (χ1) is 12.6. The van der Waals surface area contributed by atoms with Crippen molar-refractivity contribution in [3.8, 4) is 5.75 Å². The zero-order valence-corrected chi connectivity index (χ0v) is 16.9. The lowest BCUT2D eigenvalue weighted by Gasteiger charge is -2.16. The molecule has 1 heterocycles. The monoisotopic (exact) mass is 394 g/mol. The second-order valence-electron chi connectivity index (χ2n) is 6.50. The van der Waals surface area contributed by atoms with E-state index in [1.807, 2.05) is 20.8 Å². The summed E-state index contributed by atoms with van der Waals surface area (Å²) in [5, 5.41) is 7.03. The Balaban J connectivity index is 2.14. The fourth-order valence-corrected chi connectivity index (χ4v) is 2.62. The van der Waals surface area contributed by atoms with Gasteiger partial charge in [0.05, 0.1) is 18.5 Å². The fraction of sp³-hybridized carbons (Fsp3) is 0.421. The summed E-state index contributed by atoms with van der Waals surface area (Å²) in [5.41, 5.74) is 1.89. The van der Waals surface area contributed by atoms with Gasteiger partial charge in [0.25, 0.3) is 5.91 Å². The molecule has 0 aliphatic heterocycles. The topological polar surface area (TPSA) is 90.7 Å². The number of ether oxygens (including phenoxy) is 2. The molecular weight excluding hydrogens is 372 g/mol. The number of carbonyl (C=O) groups excluding carboxylic acids is 2. The van der Waals surface area contributed by atoms with E-state index >= 15 is 0 Å². The molecule has 0 saturated carbocycles. The molecule has 0 unspecified atom stereocenters. The highest BCUT2D eigenvalue weighted by atomic mass is 35.5. The number of hydrogen-bond acceptors (Lipinski definition) is 6. The summed E-state index contributed by atoms with van der Waals surface area (Å²) in [5.74, 6) is -0.350. The van der Waals surface area contributed by atoms with Crippen molar-refractivity contribution < 1.29 is 23.6 Å². The maximum Gasteiger partial charge on any atom is 0.344 e. The first kappa shape index (κ1) is 20.8. The first-order valence-electron chi connectivity index (χ1n) is 8.47. The maximum atomic E-state index is 12.5. The molecule has 7 nitrogen and oxygen atoms in total. The number of benzene rings is 1. The number of anilines is 1. The van der Waals surface area contributed by atoms with Crippen LogP contribution in [0.5, 0.6) is 5.75 Å². The predicted octanol–water partition coefficient (Wildman–Crippen LogP) is 4.26. The third kappa shape index (κ3) is 4.60. The molecule has 8 heteroatoms. The Morgan fingerprint density at radius 3 is 2.48 bits per heavy atom. The molecule has 2 rings (SSSR count). The lowest BCUT2D eigenvalue weighted by Crippen LogP contribution is -2.30. The normalized spacial score (nSPS) is 12.0. The molecule has 1 aromatic carbocycles. The van der Waals surface area contributed by atoms with E-state index < -0.39 is 18.0 Å². The minimum Gasteiger partial charge on any atom is -0.495 e. The van der Waals surface area contributed by atoms with Crippen LogP contribution >= 0.6 is 11.6 Å². The Morgan fingerprint density at radius 2 is 1.89 bits per heavy atom. The van der Waals surface area contributed by atoms with Gasteiger partial charge in [0.15, 0.2) is 11.9 Å². The summed E-state index contributed by atoms with van der Waals surface area (Å²) in [6, 6.07) is 3.30. The van der Waals surface area contributed by atoms with Crippen LogP contribution in [0, 0.1) is 13.8 Å². The van der Waals surface area contributed by atoms with Gasteiger partial charge in [-0.3, -0.25) is 4.79 Å². The molecule has 0 aliphatic rings. The lowest BCUT2D eigenvalue weighted by molar-refractivity contribution is -0.123. The number of nitrogens with one attached hydrogen (secondary N) is 1. The van der Waals surface area contributed by atoms with Crippen molar-refractivity contribution in [1.29, 1.82) is 0 Å². The largest absolute Gasteiger partial charge is 0.495 e. The number of aryl methyl sites for hydroxylation is 2. The number of rotatable bonds is 6. The van der Waals surface area contributed by atoms with E-state index in [4.69, 9.17) is 25.6 Å². The van der Waals surface area contributed by atoms with Gasteiger partial charge < -0.3 is 19.3 Å². The average Bonchev–Trinajstić information content (AvgIpc) is 2.99. The smallest absolute Gasteiger partial charge is 0.344 e. The first-order valence-corrected chi connectivity index (χ1v) is 8.85. The molecule has 1 aromatic heterocycles. The van der Waals surface area contributed by atoms with E-state index in [-0.39, 0.29) is 11.5 Å². The van der Waals surface area contributed by atoms with Crippen LogP contribution in [0.15, 0.2) is 16.7 Å². The number of nitrogens with zero attached hydrogens (tertiary/aromatic N) is 1. The molecule has 2 aromatic rings. The van der Waals surface area contributed by atoms with E-state index in [0.29, 0.717) is 27.9 Å².